The third-order valence-corrected chi connectivity index (χ3v) is 1.77. The number of carbonyl (C=O) groups is 1. The molecule has 1 rings (SSSR count). The first-order valence-electron chi connectivity index (χ1n) is 3.47. The number of halogens is 3. The fraction of sp³-hybridized carbons (Fsp3) is 0.250. The van der Waals surface area contributed by atoms with E-state index in [2.05, 4.69) is 4.98 Å². The van der Waals surface area contributed by atoms with Crippen molar-refractivity contribution in [3.8, 4) is 0 Å². The number of hydrogen-bond acceptors (Lipinski definition) is 2. The zero-order valence-corrected chi connectivity index (χ0v) is 7.48. The molecular weight excluding hydrogens is 200 g/mol. The zero-order chi connectivity index (χ0) is 10.0. The highest BCUT2D eigenvalue weighted by atomic mass is 35.5. The molecule has 0 fully saturated rings. The van der Waals surface area contributed by atoms with Crippen LogP contribution in [-0.2, 0) is 0 Å². The minimum absolute atomic E-state index is 0.158. The predicted molar refractivity (Wildman–Crippen MR) is 44.1 cm³/mol. The molecule has 0 aliphatic heterocycles. The summed E-state index contributed by atoms with van der Waals surface area (Å²) in [4.78, 5) is 14.1. The molecule has 0 bridgehead atoms. The number of carbonyl (C=O) groups excluding carboxylic acids is 1. The van der Waals surface area contributed by atoms with E-state index in [4.69, 9.17) is 11.6 Å². The average molecular weight is 206 g/mol. The Morgan fingerprint density at radius 1 is 1.62 bits per heavy atom. The van der Waals surface area contributed by atoms with Crippen LogP contribution in [0.2, 0.25) is 0 Å². The van der Waals surface area contributed by atoms with Crippen LogP contribution >= 0.6 is 11.6 Å². The largest absolute Gasteiger partial charge is 0.280 e. The molecule has 1 aromatic heterocycles. The van der Waals surface area contributed by atoms with Crippen molar-refractivity contribution in [1.82, 2.24) is 4.98 Å². The minimum atomic E-state index is -2.63. The monoisotopic (exact) mass is 205 g/mol. The summed E-state index contributed by atoms with van der Waals surface area (Å²) in [5.41, 5.74) is 0.218. The van der Waals surface area contributed by atoms with Crippen LogP contribution in [0.15, 0.2) is 12.3 Å². The number of pyridine rings is 1. The lowest BCUT2D eigenvalue weighted by molar-refractivity contribution is 0.107. The minimum Gasteiger partial charge on any atom is -0.276 e. The molecule has 0 spiro atoms. The standard InChI is InChI=1S/C8H6ClF2NO/c1-4-2-6(8(10)11)12-3-5(4)7(9)13/h2-3,8H,1H3. The van der Waals surface area contributed by atoms with E-state index < -0.39 is 11.7 Å². The molecule has 0 saturated carbocycles. The number of rotatable bonds is 2. The molecule has 5 heteroatoms. The van der Waals surface area contributed by atoms with E-state index in [1.54, 1.807) is 0 Å². The van der Waals surface area contributed by atoms with E-state index in [-0.39, 0.29) is 11.3 Å². The van der Waals surface area contributed by atoms with Crippen LogP contribution in [0.25, 0.3) is 0 Å². The molecule has 0 aromatic carbocycles. The van der Waals surface area contributed by atoms with Gasteiger partial charge in [0.2, 0.25) is 0 Å². The molecule has 2 nitrogen and oxygen atoms in total. The summed E-state index contributed by atoms with van der Waals surface area (Å²) in [5.74, 6) is 0. The van der Waals surface area contributed by atoms with E-state index in [1.807, 2.05) is 0 Å². The molecule has 0 aliphatic rings. The van der Waals surface area contributed by atoms with Crippen LogP contribution in [0.5, 0.6) is 0 Å². The van der Waals surface area contributed by atoms with Gasteiger partial charge in [0.15, 0.2) is 0 Å². The molecule has 0 atom stereocenters. The summed E-state index contributed by atoms with van der Waals surface area (Å²) in [6.07, 6.45) is -1.57. The summed E-state index contributed by atoms with van der Waals surface area (Å²) < 4.78 is 24.2. The van der Waals surface area contributed by atoms with Crippen molar-refractivity contribution >= 4 is 16.8 Å². The van der Waals surface area contributed by atoms with Crippen molar-refractivity contribution in [1.29, 1.82) is 0 Å². The van der Waals surface area contributed by atoms with Gasteiger partial charge in [0.1, 0.15) is 5.69 Å². The normalized spacial score (nSPS) is 10.5. The Labute approximate surface area is 78.5 Å². The number of nitrogens with zero attached hydrogens (tertiary/aromatic N) is 1. The van der Waals surface area contributed by atoms with E-state index in [9.17, 15) is 13.6 Å². The first-order valence-corrected chi connectivity index (χ1v) is 3.84. The summed E-state index contributed by atoms with van der Waals surface area (Å²) in [6.45, 7) is 1.53. The van der Waals surface area contributed by atoms with Crippen LogP contribution in [0.1, 0.15) is 28.0 Å². The van der Waals surface area contributed by atoms with Gasteiger partial charge in [0.05, 0.1) is 5.56 Å². The molecule has 0 unspecified atom stereocenters. The topological polar surface area (TPSA) is 30.0 Å². The molecule has 0 aliphatic carbocycles. The van der Waals surface area contributed by atoms with Gasteiger partial charge >= 0.3 is 0 Å². The number of aromatic nitrogens is 1. The fourth-order valence-electron chi connectivity index (χ4n) is 0.903. The highest BCUT2D eigenvalue weighted by molar-refractivity contribution is 6.67. The Hall–Kier alpha value is -1.03. The SMILES string of the molecule is Cc1cc(C(F)F)ncc1C(=O)Cl. The summed E-state index contributed by atoms with van der Waals surface area (Å²) in [5, 5.41) is -0.689. The highest BCUT2D eigenvalue weighted by Gasteiger charge is 2.12. The van der Waals surface area contributed by atoms with Gasteiger partial charge in [-0.05, 0) is 30.2 Å². The Morgan fingerprint density at radius 3 is 2.62 bits per heavy atom. The van der Waals surface area contributed by atoms with E-state index in [1.165, 1.54) is 6.92 Å². The summed E-state index contributed by atoms with van der Waals surface area (Å²) in [7, 11) is 0. The first-order chi connectivity index (χ1) is 6.02. The fourth-order valence-corrected chi connectivity index (χ4v) is 1.10. The lowest BCUT2D eigenvalue weighted by Gasteiger charge is -2.02. The quantitative estimate of drug-likeness (QED) is 0.695. The van der Waals surface area contributed by atoms with Crippen molar-refractivity contribution in [2.75, 3.05) is 0 Å². The van der Waals surface area contributed by atoms with Gasteiger partial charge in [-0.3, -0.25) is 9.78 Å². The van der Waals surface area contributed by atoms with Crippen LogP contribution in [-0.4, -0.2) is 10.2 Å². The Bertz CT molecular complexity index is 341. The average Bonchev–Trinajstić information content (AvgIpc) is 2.03. The van der Waals surface area contributed by atoms with Crippen molar-refractivity contribution in [2.24, 2.45) is 0 Å². The molecule has 1 heterocycles. The molecular formula is C8H6ClF2NO. The summed E-state index contributed by atoms with van der Waals surface area (Å²) in [6, 6.07) is 1.15. The van der Waals surface area contributed by atoms with Gasteiger partial charge in [-0.1, -0.05) is 0 Å². The Morgan fingerprint density at radius 2 is 2.23 bits per heavy atom. The second-order valence-electron chi connectivity index (χ2n) is 2.50. The third kappa shape index (κ3) is 2.21. The highest BCUT2D eigenvalue weighted by Crippen LogP contribution is 2.19. The van der Waals surface area contributed by atoms with Crippen LogP contribution in [0.3, 0.4) is 0 Å². The lowest BCUT2D eigenvalue weighted by Crippen LogP contribution is -1.98. The Balaban J connectivity index is 3.13. The molecule has 0 N–H and O–H groups in total. The van der Waals surface area contributed by atoms with Crippen LogP contribution < -0.4 is 0 Å². The number of alkyl halides is 2. The maximum atomic E-state index is 12.1. The molecule has 13 heavy (non-hydrogen) atoms. The van der Waals surface area contributed by atoms with Gasteiger partial charge in [-0.2, -0.15) is 0 Å². The van der Waals surface area contributed by atoms with Crippen LogP contribution in [0, 0.1) is 6.92 Å². The van der Waals surface area contributed by atoms with Gasteiger partial charge in [-0.25, -0.2) is 8.78 Å². The molecule has 0 amide bonds. The second kappa shape index (κ2) is 3.79. The van der Waals surface area contributed by atoms with E-state index >= 15 is 0 Å². The molecule has 0 radical (unpaired) electrons. The lowest BCUT2D eigenvalue weighted by atomic mass is 10.1. The maximum Gasteiger partial charge on any atom is 0.280 e. The second-order valence-corrected chi connectivity index (χ2v) is 2.84. The van der Waals surface area contributed by atoms with Gasteiger partial charge in [0, 0.05) is 6.20 Å². The molecule has 1 aromatic rings. The maximum absolute atomic E-state index is 12.1. The molecule has 70 valence electrons. The van der Waals surface area contributed by atoms with E-state index in [0.29, 0.717) is 5.56 Å². The Kier molecular flexibility index (Phi) is 2.93. The van der Waals surface area contributed by atoms with Crippen molar-refractivity contribution in [3.63, 3.8) is 0 Å². The smallest absolute Gasteiger partial charge is 0.276 e. The predicted octanol–water partition coefficient (Wildman–Crippen LogP) is 2.71. The van der Waals surface area contributed by atoms with Crippen molar-refractivity contribution in [3.05, 3.63) is 29.1 Å². The molecule has 0 saturated heterocycles. The van der Waals surface area contributed by atoms with Gasteiger partial charge in [-0.15, -0.1) is 0 Å². The number of hydrogen-bond donors (Lipinski definition) is 0. The number of aryl methyl sites for hydroxylation is 1. The van der Waals surface area contributed by atoms with E-state index in [0.717, 1.165) is 12.3 Å². The van der Waals surface area contributed by atoms with Crippen molar-refractivity contribution in [2.45, 2.75) is 13.3 Å². The zero-order valence-electron chi connectivity index (χ0n) is 6.72. The van der Waals surface area contributed by atoms with Crippen molar-refractivity contribution < 1.29 is 13.6 Å². The van der Waals surface area contributed by atoms with Crippen LogP contribution in [0.4, 0.5) is 8.78 Å². The van der Waals surface area contributed by atoms with Gasteiger partial charge in [0.25, 0.3) is 11.7 Å². The van der Waals surface area contributed by atoms with Gasteiger partial charge < -0.3 is 0 Å². The summed E-state index contributed by atoms with van der Waals surface area (Å²) >= 11 is 5.17. The third-order valence-electron chi connectivity index (χ3n) is 1.57. The first kappa shape index (κ1) is 10.1.